The first-order valence-electron chi connectivity index (χ1n) is 6.96. The molecule has 0 spiro atoms. The number of benzene rings is 1. The number of rotatable bonds is 5. The van der Waals surface area contributed by atoms with Crippen molar-refractivity contribution in [2.24, 2.45) is 0 Å². The molecule has 22 heavy (non-hydrogen) atoms. The molecule has 0 aliphatic heterocycles. The second kappa shape index (κ2) is 6.58. The van der Waals surface area contributed by atoms with E-state index in [4.69, 9.17) is 0 Å². The van der Waals surface area contributed by atoms with Crippen molar-refractivity contribution in [3.8, 4) is 6.07 Å². The summed E-state index contributed by atoms with van der Waals surface area (Å²) in [6.07, 6.45) is 8.24. The molecule has 3 rings (SSSR count). The molecule has 3 aromatic rings. The van der Waals surface area contributed by atoms with E-state index < -0.39 is 0 Å². The Balaban J connectivity index is 1.79. The molecule has 0 aliphatic rings. The van der Waals surface area contributed by atoms with E-state index in [0.717, 1.165) is 40.6 Å². The number of hydrogen-bond donors (Lipinski definition) is 1. The van der Waals surface area contributed by atoms with Gasteiger partial charge in [-0.05, 0) is 28.4 Å². The molecule has 6 heteroatoms. The SMILES string of the molecule is N#Cc1cccc2c(Br)cnc(NCCCn3ccnc3)c12. The van der Waals surface area contributed by atoms with E-state index in [1.54, 1.807) is 18.7 Å². The number of aromatic nitrogens is 3. The number of hydrogen-bond acceptors (Lipinski definition) is 4. The summed E-state index contributed by atoms with van der Waals surface area (Å²) in [5.74, 6) is 0.751. The van der Waals surface area contributed by atoms with Crippen LogP contribution in [0.3, 0.4) is 0 Å². The average molecular weight is 356 g/mol. The van der Waals surface area contributed by atoms with Gasteiger partial charge in [0.2, 0.25) is 0 Å². The summed E-state index contributed by atoms with van der Waals surface area (Å²) in [4.78, 5) is 8.44. The molecule has 1 aromatic carbocycles. The standard InChI is InChI=1S/C16H14BrN5/c17-14-10-21-16(15-12(9-18)3-1-4-13(14)15)20-5-2-7-22-8-6-19-11-22/h1,3-4,6,8,10-11H,2,5,7H2,(H,20,21). The molecule has 0 aliphatic carbocycles. The first kappa shape index (κ1) is 14.5. The lowest BCUT2D eigenvalue weighted by Gasteiger charge is -2.11. The summed E-state index contributed by atoms with van der Waals surface area (Å²) < 4.78 is 2.93. The molecule has 5 nitrogen and oxygen atoms in total. The van der Waals surface area contributed by atoms with E-state index in [9.17, 15) is 5.26 Å². The Morgan fingerprint density at radius 1 is 1.36 bits per heavy atom. The molecular formula is C16H14BrN5. The molecule has 2 heterocycles. The van der Waals surface area contributed by atoms with Crippen molar-refractivity contribution in [1.29, 1.82) is 5.26 Å². The van der Waals surface area contributed by atoms with Gasteiger partial charge in [0.1, 0.15) is 5.82 Å². The lowest BCUT2D eigenvalue weighted by Crippen LogP contribution is -2.07. The molecule has 0 saturated carbocycles. The number of nitriles is 1. The Morgan fingerprint density at radius 2 is 2.27 bits per heavy atom. The fraction of sp³-hybridized carbons (Fsp3) is 0.188. The van der Waals surface area contributed by atoms with Crippen molar-refractivity contribution in [3.05, 3.63) is 53.2 Å². The maximum atomic E-state index is 9.32. The molecule has 110 valence electrons. The fourth-order valence-electron chi connectivity index (χ4n) is 2.38. The second-order valence-electron chi connectivity index (χ2n) is 4.88. The van der Waals surface area contributed by atoms with E-state index in [-0.39, 0.29) is 0 Å². The van der Waals surface area contributed by atoms with Crippen LogP contribution >= 0.6 is 15.9 Å². The zero-order valence-corrected chi connectivity index (χ0v) is 13.4. The van der Waals surface area contributed by atoms with Crippen LogP contribution in [0.2, 0.25) is 0 Å². The van der Waals surface area contributed by atoms with Crippen LogP contribution in [0.25, 0.3) is 10.8 Å². The summed E-state index contributed by atoms with van der Waals surface area (Å²) in [7, 11) is 0. The molecule has 0 bridgehead atoms. The summed E-state index contributed by atoms with van der Waals surface area (Å²) in [6, 6.07) is 7.92. The van der Waals surface area contributed by atoms with Crippen LogP contribution < -0.4 is 5.32 Å². The number of halogens is 1. The molecule has 1 N–H and O–H groups in total. The van der Waals surface area contributed by atoms with Crippen molar-refractivity contribution in [2.45, 2.75) is 13.0 Å². The Morgan fingerprint density at radius 3 is 3.05 bits per heavy atom. The van der Waals surface area contributed by atoms with Gasteiger partial charge in [-0.3, -0.25) is 0 Å². The van der Waals surface area contributed by atoms with Gasteiger partial charge in [-0.25, -0.2) is 9.97 Å². The molecule has 0 radical (unpaired) electrons. The van der Waals surface area contributed by atoms with Gasteiger partial charge in [-0.15, -0.1) is 0 Å². The Bertz CT molecular complexity index is 820. The van der Waals surface area contributed by atoms with Crippen molar-refractivity contribution in [1.82, 2.24) is 14.5 Å². The maximum Gasteiger partial charge on any atom is 0.135 e. The van der Waals surface area contributed by atoms with Crippen LogP contribution in [0.4, 0.5) is 5.82 Å². The number of nitrogens with one attached hydrogen (secondary N) is 1. The van der Waals surface area contributed by atoms with E-state index in [1.165, 1.54) is 0 Å². The number of aryl methyl sites for hydroxylation is 1. The lowest BCUT2D eigenvalue weighted by molar-refractivity contribution is 0.660. The average Bonchev–Trinajstić information content (AvgIpc) is 3.06. The van der Waals surface area contributed by atoms with Crippen LogP contribution in [0.1, 0.15) is 12.0 Å². The third-order valence-electron chi connectivity index (χ3n) is 3.43. The molecule has 0 atom stereocenters. The predicted molar refractivity (Wildman–Crippen MR) is 89.5 cm³/mol. The predicted octanol–water partition coefficient (Wildman–Crippen LogP) is 3.57. The minimum Gasteiger partial charge on any atom is -0.369 e. The van der Waals surface area contributed by atoms with Gasteiger partial charge >= 0.3 is 0 Å². The van der Waals surface area contributed by atoms with Gasteiger partial charge in [0.25, 0.3) is 0 Å². The summed E-state index contributed by atoms with van der Waals surface area (Å²) >= 11 is 3.49. The van der Waals surface area contributed by atoms with Gasteiger partial charge in [-0.1, -0.05) is 12.1 Å². The molecule has 0 fully saturated rings. The highest BCUT2D eigenvalue weighted by molar-refractivity contribution is 9.10. The van der Waals surface area contributed by atoms with E-state index in [0.29, 0.717) is 5.56 Å². The number of pyridine rings is 1. The van der Waals surface area contributed by atoms with Crippen LogP contribution in [0.5, 0.6) is 0 Å². The quantitative estimate of drug-likeness (QED) is 0.710. The van der Waals surface area contributed by atoms with Crippen molar-refractivity contribution < 1.29 is 0 Å². The first-order valence-corrected chi connectivity index (χ1v) is 7.76. The van der Waals surface area contributed by atoms with E-state index in [1.807, 2.05) is 29.0 Å². The highest BCUT2D eigenvalue weighted by Crippen LogP contribution is 2.30. The number of imidazole rings is 1. The van der Waals surface area contributed by atoms with E-state index in [2.05, 4.69) is 37.3 Å². The largest absolute Gasteiger partial charge is 0.369 e. The molecule has 0 amide bonds. The number of anilines is 1. The monoisotopic (exact) mass is 355 g/mol. The van der Waals surface area contributed by atoms with E-state index >= 15 is 0 Å². The third-order valence-corrected chi connectivity index (χ3v) is 4.06. The maximum absolute atomic E-state index is 9.32. The van der Waals surface area contributed by atoms with Gasteiger partial charge in [-0.2, -0.15) is 5.26 Å². The number of fused-ring (bicyclic) bond motifs is 1. The summed E-state index contributed by atoms with van der Waals surface area (Å²) in [6.45, 7) is 1.67. The smallest absolute Gasteiger partial charge is 0.135 e. The normalized spacial score (nSPS) is 10.5. The second-order valence-corrected chi connectivity index (χ2v) is 5.73. The van der Waals surface area contributed by atoms with Gasteiger partial charge in [0.15, 0.2) is 0 Å². The fourth-order valence-corrected chi connectivity index (χ4v) is 2.81. The summed E-state index contributed by atoms with van der Waals surface area (Å²) in [5.41, 5.74) is 0.628. The number of nitrogens with zero attached hydrogens (tertiary/aromatic N) is 4. The minimum atomic E-state index is 0.628. The van der Waals surface area contributed by atoms with Crippen LogP contribution in [-0.4, -0.2) is 21.1 Å². The van der Waals surface area contributed by atoms with Gasteiger partial charge < -0.3 is 9.88 Å². The molecular weight excluding hydrogens is 342 g/mol. The van der Waals surface area contributed by atoms with Gasteiger partial charge in [0.05, 0.1) is 18.0 Å². The summed E-state index contributed by atoms with van der Waals surface area (Å²) in [5, 5.41) is 14.5. The van der Waals surface area contributed by atoms with Crippen molar-refractivity contribution in [2.75, 3.05) is 11.9 Å². The minimum absolute atomic E-state index is 0.628. The molecule has 2 aromatic heterocycles. The van der Waals surface area contributed by atoms with Crippen molar-refractivity contribution >= 4 is 32.5 Å². The third kappa shape index (κ3) is 2.95. The highest BCUT2D eigenvalue weighted by atomic mass is 79.9. The van der Waals surface area contributed by atoms with Crippen LogP contribution in [0.15, 0.2) is 47.6 Å². The topological polar surface area (TPSA) is 66.5 Å². The lowest BCUT2D eigenvalue weighted by atomic mass is 10.1. The first-order chi connectivity index (χ1) is 10.8. The zero-order valence-electron chi connectivity index (χ0n) is 11.8. The Labute approximate surface area is 136 Å². The molecule has 0 saturated heterocycles. The Hall–Kier alpha value is -2.39. The van der Waals surface area contributed by atoms with Crippen molar-refractivity contribution in [3.63, 3.8) is 0 Å². The zero-order chi connectivity index (χ0) is 15.4. The Kier molecular flexibility index (Phi) is 4.35. The van der Waals surface area contributed by atoms with Crippen LogP contribution in [-0.2, 0) is 6.54 Å². The molecule has 0 unspecified atom stereocenters. The van der Waals surface area contributed by atoms with Gasteiger partial charge in [0, 0.05) is 46.9 Å². The highest BCUT2D eigenvalue weighted by Gasteiger charge is 2.10. The van der Waals surface area contributed by atoms with Crippen LogP contribution in [0, 0.1) is 11.3 Å².